The van der Waals surface area contributed by atoms with Crippen molar-refractivity contribution in [3.63, 3.8) is 0 Å². The van der Waals surface area contributed by atoms with E-state index in [2.05, 4.69) is 36.7 Å². The maximum absolute atomic E-state index is 13.8. The highest BCUT2D eigenvalue weighted by molar-refractivity contribution is 8.00. The Kier molecular flexibility index (Phi) is 13.3. The highest BCUT2D eigenvalue weighted by Gasteiger charge is 2.35. The van der Waals surface area contributed by atoms with Crippen LogP contribution in [0.4, 0.5) is 10.7 Å². The number of methoxy groups -OCH3 is 3. The average Bonchev–Trinajstić information content (AvgIpc) is 3.53. The Hall–Kier alpha value is -5.07. The van der Waals surface area contributed by atoms with Gasteiger partial charge < -0.3 is 30.2 Å². The number of hydrogen-bond donors (Lipinski definition) is 3. The molecular formula is C42H47N3O7S2. The van der Waals surface area contributed by atoms with Gasteiger partial charge in [-0.15, -0.1) is 23.1 Å². The molecule has 12 heteroatoms. The van der Waals surface area contributed by atoms with Crippen LogP contribution >= 0.6 is 23.1 Å². The smallest absolute Gasteiger partial charge is 0.341 e. The molecular weight excluding hydrogens is 723 g/mol. The third-order valence-corrected chi connectivity index (χ3v) is 11.9. The molecule has 3 aromatic carbocycles. The summed E-state index contributed by atoms with van der Waals surface area (Å²) in [4.78, 5) is 55.6. The summed E-state index contributed by atoms with van der Waals surface area (Å²) in [6, 6.07) is 20.9. The van der Waals surface area contributed by atoms with Crippen LogP contribution in [0, 0.1) is 11.3 Å². The van der Waals surface area contributed by atoms with Gasteiger partial charge in [-0.1, -0.05) is 58.0 Å². The topological polar surface area (TPSA) is 132 Å². The van der Waals surface area contributed by atoms with Crippen molar-refractivity contribution in [3.8, 4) is 11.5 Å². The Balaban J connectivity index is 1.34. The lowest BCUT2D eigenvalue weighted by Gasteiger charge is -2.33. The zero-order chi connectivity index (χ0) is 39.0. The number of ether oxygens (including phenoxy) is 3. The number of nitrogens with one attached hydrogen (secondary N) is 3. The first-order valence-electron chi connectivity index (χ1n) is 17.8. The molecule has 284 valence electrons. The first-order valence-corrected chi connectivity index (χ1v) is 19.5. The minimum atomic E-state index is -0.549. The zero-order valence-electron chi connectivity index (χ0n) is 31.7. The maximum atomic E-state index is 13.8. The van der Waals surface area contributed by atoms with Crippen molar-refractivity contribution in [2.24, 2.45) is 11.3 Å². The van der Waals surface area contributed by atoms with E-state index in [0.717, 1.165) is 34.6 Å². The van der Waals surface area contributed by atoms with Gasteiger partial charge in [0.1, 0.15) is 10.7 Å². The van der Waals surface area contributed by atoms with Gasteiger partial charge >= 0.3 is 5.97 Å². The van der Waals surface area contributed by atoms with Gasteiger partial charge in [0.2, 0.25) is 5.91 Å². The molecule has 0 aliphatic heterocycles. The molecule has 4 aromatic rings. The molecule has 0 spiro atoms. The molecule has 0 bridgehead atoms. The van der Waals surface area contributed by atoms with E-state index in [1.54, 1.807) is 72.8 Å². The molecule has 0 saturated carbocycles. The second-order valence-electron chi connectivity index (χ2n) is 14.0. The quantitative estimate of drug-likeness (QED) is 0.0700. The van der Waals surface area contributed by atoms with Crippen LogP contribution in [0.3, 0.4) is 0 Å². The van der Waals surface area contributed by atoms with Crippen LogP contribution in [0.5, 0.6) is 11.5 Å². The van der Waals surface area contributed by atoms with Crippen LogP contribution in [0.2, 0.25) is 0 Å². The molecule has 0 saturated heterocycles. The summed E-state index contributed by atoms with van der Waals surface area (Å²) in [6.07, 6.45) is 4.66. The number of hydrogen-bond acceptors (Lipinski definition) is 9. The molecule has 0 radical (unpaired) electrons. The lowest BCUT2D eigenvalue weighted by atomic mass is 9.72. The fraction of sp³-hybridized carbons (Fsp3) is 0.333. The molecule has 1 aliphatic rings. The van der Waals surface area contributed by atoms with E-state index in [9.17, 15) is 19.2 Å². The van der Waals surface area contributed by atoms with E-state index in [0.29, 0.717) is 51.2 Å². The van der Waals surface area contributed by atoms with Crippen molar-refractivity contribution < 1.29 is 33.4 Å². The Morgan fingerprint density at radius 3 is 2.33 bits per heavy atom. The van der Waals surface area contributed by atoms with Crippen molar-refractivity contribution in [2.45, 2.75) is 63.5 Å². The Morgan fingerprint density at radius 1 is 0.926 bits per heavy atom. The summed E-state index contributed by atoms with van der Waals surface area (Å²) in [7, 11) is 4.41. The summed E-state index contributed by atoms with van der Waals surface area (Å²) in [5.41, 5.74) is 3.04. The number of anilines is 2. The molecule has 5 rings (SSSR count). The molecule has 3 N–H and O–H groups in total. The number of esters is 1. The van der Waals surface area contributed by atoms with Gasteiger partial charge in [-0.3, -0.25) is 14.4 Å². The van der Waals surface area contributed by atoms with Gasteiger partial charge in [-0.05, 0) is 96.7 Å². The number of benzene rings is 3. The molecule has 0 fully saturated rings. The third-order valence-electron chi connectivity index (χ3n) is 9.40. The van der Waals surface area contributed by atoms with Crippen LogP contribution in [0.15, 0.2) is 83.4 Å². The standard InChI is InChI=1S/C42H47N3O7S2/c1-8-34(39(48)45-40-36(41(49)52-7)30-19-18-27(42(2,3)4)23-35(30)54-40)53-29-16-12-15-28(24-29)43-38(47)31(44-37(46)26-13-10-9-11-14-26)21-25-17-20-32(50-5)33(22-25)51-6/h9-17,20-22,24,27,34H,8,18-19,23H2,1-7H3,(H,43,47)(H,44,46)(H,45,48)/b31-21+. The van der Waals surface area contributed by atoms with Gasteiger partial charge in [0.05, 0.1) is 32.1 Å². The fourth-order valence-corrected chi connectivity index (χ4v) is 8.64. The summed E-state index contributed by atoms with van der Waals surface area (Å²) >= 11 is 2.83. The van der Waals surface area contributed by atoms with Crippen molar-refractivity contribution >= 4 is 63.6 Å². The third kappa shape index (κ3) is 9.72. The Morgan fingerprint density at radius 2 is 1.67 bits per heavy atom. The van der Waals surface area contributed by atoms with Gasteiger partial charge in [0, 0.05) is 21.0 Å². The van der Waals surface area contributed by atoms with Gasteiger partial charge in [0.25, 0.3) is 11.8 Å². The second kappa shape index (κ2) is 17.8. The van der Waals surface area contributed by atoms with E-state index in [-0.39, 0.29) is 17.0 Å². The monoisotopic (exact) mass is 769 g/mol. The van der Waals surface area contributed by atoms with Crippen molar-refractivity contribution in [3.05, 3.63) is 106 Å². The lowest BCUT2D eigenvalue weighted by molar-refractivity contribution is -0.116. The second-order valence-corrected chi connectivity index (χ2v) is 16.4. The molecule has 1 aliphatic carbocycles. The predicted molar refractivity (Wildman–Crippen MR) is 216 cm³/mol. The van der Waals surface area contributed by atoms with Crippen molar-refractivity contribution in [1.82, 2.24) is 5.32 Å². The number of fused-ring (bicyclic) bond motifs is 1. The highest BCUT2D eigenvalue weighted by atomic mass is 32.2. The van der Waals surface area contributed by atoms with E-state index in [1.165, 1.54) is 44.4 Å². The summed E-state index contributed by atoms with van der Waals surface area (Å²) in [6.45, 7) is 8.65. The van der Waals surface area contributed by atoms with E-state index in [1.807, 2.05) is 13.0 Å². The van der Waals surface area contributed by atoms with Crippen LogP contribution in [-0.4, -0.2) is 50.3 Å². The molecule has 2 unspecified atom stereocenters. The molecule has 54 heavy (non-hydrogen) atoms. The Bertz CT molecular complexity index is 2030. The summed E-state index contributed by atoms with van der Waals surface area (Å²) in [5, 5.41) is 8.75. The SMILES string of the molecule is CCC(Sc1cccc(NC(=O)/C(=C\c2ccc(OC)c(OC)c2)NC(=O)c2ccccc2)c1)C(=O)Nc1sc2c(c1C(=O)OC)CCC(C(C)(C)C)C2. The van der Waals surface area contributed by atoms with Crippen LogP contribution < -0.4 is 25.4 Å². The summed E-state index contributed by atoms with van der Waals surface area (Å²) in [5.74, 6) is -0.204. The number of amides is 3. The first-order chi connectivity index (χ1) is 25.8. The lowest BCUT2D eigenvalue weighted by Crippen LogP contribution is -2.30. The van der Waals surface area contributed by atoms with Gasteiger partial charge in [-0.2, -0.15) is 0 Å². The van der Waals surface area contributed by atoms with Crippen LogP contribution in [0.25, 0.3) is 6.08 Å². The van der Waals surface area contributed by atoms with E-state index in [4.69, 9.17) is 14.2 Å². The molecule has 2 atom stereocenters. The fourth-order valence-electron chi connectivity index (χ4n) is 6.31. The largest absolute Gasteiger partial charge is 0.493 e. The predicted octanol–water partition coefficient (Wildman–Crippen LogP) is 8.62. The van der Waals surface area contributed by atoms with E-state index >= 15 is 0 Å². The normalized spacial score (nSPS) is 14.6. The minimum Gasteiger partial charge on any atom is -0.493 e. The van der Waals surface area contributed by atoms with Crippen LogP contribution in [0.1, 0.15) is 77.3 Å². The van der Waals surface area contributed by atoms with E-state index < -0.39 is 23.0 Å². The molecule has 3 amide bonds. The number of rotatable bonds is 13. The minimum absolute atomic E-state index is 0.00816. The Labute approximate surface area is 325 Å². The number of carbonyl (C=O) groups excluding carboxylic acids is 4. The van der Waals surface area contributed by atoms with Crippen molar-refractivity contribution in [2.75, 3.05) is 32.0 Å². The average molecular weight is 770 g/mol. The molecule has 10 nitrogen and oxygen atoms in total. The highest BCUT2D eigenvalue weighted by Crippen LogP contribution is 2.45. The number of carbonyl (C=O) groups is 4. The molecule has 1 aromatic heterocycles. The van der Waals surface area contributed by atoms with Crippen LogP contribution in [-0.2, 0) is 27.2 Å². The number of thioether (sulfide) groups is 1. The van der Waals surface area contributed by atoms with Crippen molar-refractivity contribution in [1.29, 1.82) is 0 Å². The number of thiophene rings is 1. The maximum Gasteiger partial charge on any atom is 0.341 e. The zero-order valence-corrected chi connectivity index (χ0v) is 33.3. The molecule has 1 heterocycles. The first kappa shape index (κ1) is 40.1. The van der Waals surface area contributed by atoms with Gasteiger partial charge in [-0.25, -0.2) is 4.79 Å². The summed E-state index contributed by atoms with van der Waals surface area (Å²) < 4.78 is 15.9. The van der Waals surface area contributed by atoms with Gasteiger partial charge in [0.15, 0.2) is 11.5 Å².